The van der Waals surface area contributed by atoms with E-state index in [2.05, 4.69) is 44.0 Å². The highest BCUT2D eigenvalue weighted by Gasteiger charge is 2.00. The molecule has 0 aliphatic heterocycles. The van der Waals surface area contributed by atoms with Crippen LogP contribution in [0, 0.1) is 12.3 Å². The van der Waals surface area contributed by atoms with Gasteiger partial charge in [0.25, 0.3) is 0 Å². The second-order valence-electron chi connectivity index (χ2n) is 4.44. The SMILES string of the molecule is C#CC(C)c1ccc(CCCCCC)cc1. The number of unbranched alkanes of at least 4 members (excludes halogenated alkanes) is 3. The lowest BCUT2D eigenvalue weighted by Crippen LogP contribution is -1.91. The molecule has 1 rings (SSSR count). The first kappa shape index (κ1) is 12.8. The summed E-state index contributed by atoms with van der Waals surface area (Å²) in [5.74, 6) is 2.99. The average molecular weight is 214 g/mol. The van der Waals surface area contributed by atoms with Gasteiger partial charge in [-0.25, -0.2) is 0 Å². The zero-order valence-electron chi connectivity index (χ0n) is 10.5. The summed E-state index contributed by atoms with van der Waals surface area (Å²) in [5, 5.41) is 0. The Kier molecular flexibility index (Phi) is 5.72. The van der Waals surface area contributed by atoms with Crippen LogP contribution in [0.5, 0.6) is 0 Å². The first-order valence-electron chi connectivity index (χ1n) is 6.33. The third-order valence-electron chi connectivity index (χ3n) is 3.05. The van der Waals surface area contributed by atoms with E-state index in [9.17, 15) is 0 Å². The van der Waals surface area contributed by atoms with E-state index in [1.807, 2.05) is 0 Å². The lowest BCUT2D eigenvalue weighted by atomic mass is 9.99. The molecule has 86 valence electrons. The topological polar surface area (TPSA) is 0 Å². The molecule has 1 unspecified atom stereocenters. The molecule has 1 atom stereocenters. The fraction of sp³-hybridized carbons (Fsp3) is 0.500. The molecule has 0 bridgehead atoms. The Morgan fingerprint density at radius 3 is 2.38 bits per heavy atom. The van der Waals surface area contributed by atoms with Crippen molar-refractivity contribution in [3.05, 3.63) is 35.4 Å². The molecule has 0 aromatic heterocycles. The molecule has 0 nitrogen and oxygen atoms in total. The van der Waals surface area contributed by atoms with Crippen LogP contribution in [0.3, 0.4) is 0 Å². The van der Waals surface area contributed by atoms with Gasteiger partial charge in [-0.1, -0.05) is 56.4 Å². The van der Waals surface area contributed by atoms with Gasteiger partial charge in [-0.15, -0.1) is 6.42 Å². The van der Waals surface area contributed by atoms with Crippen molar-refractivity contribution in [2.45, 2.75) is 51.9 Å². The van der Waals surface area contributed by atoms with Crippen LogP contribution < -0.4 is 0 Å². The van der Waals surface area contributed by atoms with Gasteiger partial charge in [-0.05, 0) is 30.9 Å². The number of hydrogen-bond acceptors (Lipinski definition) is 0. The van der Waals surface area contributed by atoms with E-state index < -0.39 is 0 Å². The zero-order valence-corrected chi connectivity index (χ0v) is 10.5. The van der Waals surface area contributed by atoms with E-state index in [4.69, 9.17) is 6.42 Å². The summed E-state index contributed by atoms with van der Waals surface area (Å²) in [6.45, 7) is 4.31. The molecule has 0 N–H and O–H groups in total. The van der Waals surface area contributed by atoms with Crippen LogP contribution in [0.4, 0.5) is 0 Å². The summed E-state index contributed by atoms with van der Waals surface area (Å²) < 4.78 is 0. The van der Waals surface area contributed by atoms with Crippen LogP contribution in [0.15, 0.2) is 24.3 Å². The normalized spacial score (nSPS) is 12.1. The van der Waals surface area contributed by atoms with Gasteiger partial charge in [0, 0.05) is 5.92 Å². The van der Waals surface area contributed by atoms with Crippen molar-refractivity contribution in [2.24, 2.45) is 0 Å². The Hall–Kier alpha value is -1.22. The molecule has 0 heteroatoms. The fourth-order valence-electron chi connectivity index (χ4n) is 1.83. The van der Waals surface area contributed by atoms with Crippen molar-refractivity contribution in [3.8, 4) is 12.3 Å². The highest BCUT2D eigenvalue weighted by atomic mass is 14.0. The maximum Gasteiger partial charge on any atom is 0.0421 e. The van der Waals surface area contributed by atoms with Gasteiger partial charge >= 0.3 is 0 Å². The van der Waals surface area contributed by atoms with Crippen LogP contribution >= 0.6 is 0 Å². The molecule has 0 saturated heterocycles. The minimum Gasteiger partial charge on any atom is -0.119 e. The molecule has 0 spiro atoms. The van der Waals surface area contributed by atoms with E-state index in [0.29, 0.717) is 0 Å². The quantitative estimate of drug-likeness (QED) is 0.481. The number of terminal acetylenes is 1. The van der Waals surface area contributed by atoms with Gasteiger partial charge in [-0.2, -0.15) is 0 Å². The summed E-state index contributed by atoms with van der Waals surface area (Å²) in [7, 11) is 0. The zero-order chi connectivity index (χ0) is 11.8. The smallest absolute Gasteiger partial charge is 0.0421 e. The molecule has 0 fully saturated rings. The van der Waals surface area contributed by atoms with E-state index in [-0.39, 0.29) is 5.92 Å². The first-order chi connectivity index (χ1) is 7.77. The van der Waals surface area contributed by atoms with Crippen molar-refractivity contribution in [1.29, 1.82) is 0 Å². The van der Waals surface area contributed by atoms with Crippen molar-refractivity contribution in [3.63, 3.8) is 0 Å². The Labute approximate surface area is 100 Å². The van der Waals surface area contributed by atoms with Gasteiger partial charge in [0.15, 0.2) is 0 Å². The van der Waals surface area contributed by atoms with Crippen LogP contribution in [0.25, 0.3) is 0 Å². The van der Waals surface area contributed by atoms with Crippen molar-refractivity contribution < 1.29 is 0 Å². The lowest BCUT2D eigenvalue weighted by molar-refractivity contribution is 0.667. The number of benzene rings is 1. The average Bonchev–Trinajstić information content (AvgIpc) is 2.34. The van der Waals surface area contributed by atoms with E-state index in [1.165, 1.54) is 43.2 Å². The molecule has 1 aromatic carbocycles. The molecular formula is C16H22. The largest absolute Gasteiger partial charge is 0.119 e. The third-order valence-corrected chi connectivity index (χ3v) is 3.05. The summed E-state index contributed by atoms with van der Waals surface area (Å²) in [6, 6.07) is 8.77. The van der Waals surface area contributed by atoms with Crippen LogP contribution in [-0.4, -0.2) is 0 Å². The van der Waals surface area contributed by atoms with E-state index in [1.54, 1.807) is 0 Å². The number of aryl methyl sites for hydroxylation is 1. The molecule has 0 aliphatic rings. The van der Waals surface area contributed by atoms with Gasteiger partial charge in [0.05, 0.1) is 0 Å². The van der Waals surface area contributed by atoms with Crippen LogP contribution in [0.2, 0.25) is 0 Å². The molecule has 0 radical (unpaired) electrons. The predicted octanol–water partition coefficient (Wildman–Crippen LogP) is 4.55. The number of hydrogen-bond donors (Lipinski definition) is 0. The van der Waals surface area contributed by atoms with Crippen molar-refractivity contribution >= 4 is 0 Å². The summed E-state index contributed by atoms with van der Waals surface area (Å²) in [6.07, 6.45) is 11.9. The standard InChI is InChI=1S/C16H22/c1-4-6-7-8-9-15-10-12-16(13-11-15)14(3)5-2/h2,10-14H,4,6-9H2,1,3H3. The molecule has 0 aliphatic carbocycles. The fourth-order valence-corrected chi connectivity index (χ4v) is 1.83. The van der Waals surface area contributed by atoms with Gasteiger partial charge in [0.2, 0.25) is 0 Å². The maximum absolute atomic E-state index is 5.41. The molecule has 16 heavy (non-hydrogen) atoms. The van der Waals surface area contributed by atoms with E-state index in [0.717, 1.165) is 0 Å². The summed E-state index contributed by atoms with van der Waals surface area (Å²) in [4.78, 5) is 0. The van der Waals surface area contributed by atoms with Gasteiger partial charge < -0.3 is 0 Å². The maximum atomic E-state index is 5.41. The van der Waals surface area contributed by atoms with Crippen molar-refractivity contribution in [1.82, 2.24) is 0 Å². The summed E-state index contributed by atoms with van der Waals surface area (Å²) >= 11 is 0. The minimum absolute atomic E-state index is 0.231. The number of rotatable bonds is 6. The Bertz CT molecular complexity index is 326. The van der Waals surface area contributed by atoms with Crippen molar-refractivity contribution in [2.75, 3.05) is 0 Å². The van der Waals surface area contributed by atoms with Crippen LogP contribution in [-0.2, 0) is 6.42 Å². The lowest BCUT2D eigenvalue weighted by Gasteiger charge is -2.06. The first-order valence-corrected chi connectivity index (χ1v) is 6.33. The summed E-state index contributed by atoms with van der Waals surface area (Å²) in [5.41, 5.74) is 2.68. The molecule has 0 amide bonds. The predicted molar refractivity (Wildman–Crippen MR) is 71.5 cm³/mol. The monoisotopic (exact) mass is 214 g/mol. The second-order valence-corrected chi connectivity index (χ2v) is 4.44. The van der Waals surface area contributed by atoms with E-state index >= 15 is 0 Å². The minimum atomic E-state index is 0.231. The second kappa shape index (κ2) is 7.12. The molecular weight excluding hydrogens is 192 g/mol. The van der Waals surface area contributed by atoms with Crippen LogP contribution in [0.1, 0.15) is 56.6 Å². The Morgan fingerprint density at radius 2 is 1.81 bits per heavy atom. The molecule has 0 heterocycles. The van der Waals surface area contributed by atoms with Gasteiger partial charge in [-0.3, -0.25) is 0 Å². The molecule has 1 aromatic rings. The highest BCUT2D eigenvalue weighted by Crippen LogP contribution is 2.16. The highest BCUT2D eigenvalue weighted by molar-refractivity contribution is 5.29. The Balaban J connectivity index is 2.43. The Morgan fingerprint density at radius 1 is 1.12 bits per heavy atom. The van der Waals surface area contributed by atoms with Gasteiger partial charge in [0.1, 0.15) is 0 Å². The third kappa shape index (κ3) is 4.11. The molecule has 0 saturated carbocycles.